The van der Waals surface area contributed by atoms with Crippen LogP contribution in [0.4, 0.5) is 5.13 Å². The standard InChI is InChI=1S/C17H21N3OS2/c1-12-2-3-13-14(11-23-15(13)10-12)16(21)19-5-7-20(8-6-19)17-18-4-9-22-17/h4,9,11-12H,2-3,5-8,10H2,1H3. The SMILES string of the molecule is CC1CCc2c(C(=O)N3CCN(c4nccs4)CC3)csc2C1. The van der Waals surface area contributed by atoms with Crippen molar-refractivity contribution in [3.63, 3.8) is 0 Å². The maximum atomic E-state index is 12.9. The van der Waals surface area contributed by atoms with Crippen LogP contribution in [0.3, 0.4) is 0 Å². The molecule has 1 amide bonds. The molecule has 1 atom stereocenters. The van der Waals surface area contributed by atoms with Gasteiger partial charge >= 0.3 is 0 Å². The van der Waals surface area contributed by atoms with Gasteiger partial charge in [-0.2, -0.15) is 0 Å². The van der Waals surface area contributed by atoms with Gasteiger partial charge < -0.3 is 9.80 Å². The second kappa shape index (κ2) is 6.24. The quantitative estimate of drug-likeness (QED) is 0.836. The van der Waals surface area contributed by atoms with Crippen molar-refractivity contribution in [1.82, 2.24) is 9.88 Å². The Morgan fingerprint density at radius 3 is 2.83 bits per heavy atom. The van der Waals surface area contributed by atoms with E-state index in [1.165, 1.54) is 16.9 Å². The van der Waals surface area contributed by atoms with E-state index in [2.05, 4.69) is 22.2 Å². The summed E-state index contributed by atoms with van der Waals surface area (Å²) >= 11 is 3.45. The number of thiazole rings is 1. The van der Waals surface area contributed by atoms with Crippen molar-refractivity contribution in [2.24, 2.45) is 5.92 Å². The zero-order chi connectivity index (χ0) is 15.8. The average Bonchev–Trinajstić information content (AvgIpc) is 3.23. The first kappa shape index (κ1) is 15.1. The molecule has 0 spiro atoms. The van der Waals surface area contributed by atoms with Crippen molar-refractivity contribution in [3.8, 4) is 0 Å². The zero-order valence-electron chi connectivity index (χ0n) is 13.3. The van der Waals surface area contributed by atoms with Gasteiger partial charge in [0.05, 0.1) is 5.56 Å². The summed E-state index contributed by atoms with van der Waals surface area (Å²) < 4.78 is 0. The molecule has 0 aromatic carbocycles. The number of fused-ring (bicyclic) bond motifs is 1. The van der Waals surface area contributed by atoms with Crippen LogP contribution in [-0.4, -0.2) is 42.0 Å². The molecular weight excluding hydrogens is 326 g/mol. The Morgan fingerprint density at radius 2 is 2.09 bits per heavy atom. The van der Waals surface area contributed by atoms with Crippen molar-refractivity contribution < 1.29 is 4.79 Å². The molecule has 122 valence electrons. The van der Waals surface area contributed by atoms with E-state index < -0.39 is 0 Å². The topological polar surface area (TPSA) is 36.4 Å². The van der Waals surface area contributed by atoms with Crippen LogP contribution in [0, 0.1) is 5.92 Å². The van der Waals surface area contributed by atoms with Crippen molar-refractivity contribution >= 4 is 33.7 Å². The normalized spacial score (nSPS) is 21.3. The maximum Gasteiger partial charge on any atom is 0.255 e. The van der Waals surface area contributed by atoms with E-state index in [0.717, 1.165) is 55.6 Å². The zero-order valence-corrected chi connectivity index (χ0v) is 15.0. The smallest absolute Gasteiger partial charge is 0.255 e. The van der Waals surface area contributed by atoms with Crippen LogP contribution >= 0.6 is 22.7 Å². The van der Waals surface area contributed by atoms with Crippen LogP contribution in [0.5, 0.6) is 0 Å². The van der Waals surface area contributed by atoms with Gasteiger partial charge in [-0.3, -0.25) is 4.79 Å². The molecule has 1 saturated heterocycles. The molecule has 4 nitrogen and oxygen atoms in total. The lowest BCUT2D eigenvalue weighted by atomic mass is 9.88. The second-order valence-corrected chi connectivity index (χ2v) is 8.33. The maximum absolute atomic E-state index is 12.9. The molecule has 1 unspecified atom stereocenters. The molecule has 0 saturated carbocycles. The third-order valence-corrected chi connectivity index (χ3v) is 6.77. The van der Waals surface area contributed by atoms with Gasteiger partial charge in [-0.25, -0.2) is 4.98 Å². The number of amides is 1. The molecule has 4 rings (SSSR count). The molecular formula is C17H21N3OS2. The molecule has 0 N–H and O–H groups in total. The first-order chi connectivity index (χ1) is 11.2. The number of thiophene rings is 1. The van der Waals surface area contributed by atoms with Gasteiger partial charge in [0.15, 0.2) is 5.13 Å². The van der Waals surface area contributed by atoms with Crippen molar-refractivity contribution in [3.05, 3.63) is 33.0 Å². The van der Waals surface area contributed by atoms with Crippen LogP contribution < -0.4 is 4.90 Å². The minimum absolute atomic E-state index is 0.232. The van der Waals surface area contributed by atoms with E-state index in [1.807, 2.05) is 16.5 Å². The number of carbonyl (C=O) groups is 1. The highest BCUT2D eigenvalue weighted by Gasteiger charge is 2.28. The Morgan fingerprint density at radius 1 is 1.26 bits per heavy atom. The third-order valence-electron chi connectivity index (χ3n) is 4.89. The number of aromatic nitrogens is 1. The molecule has 1 aliphatic heterocycles. The number of anilines is 1. The third kappa shape index (κ3) is 2.90. The van der Waals surface area contributed by atoms with Crippen LogP contribution in [0.1, 0.15) is 34.1 Å². The predicted octanol–water partition coefficient (Wildman–Crippen LogP) is 3.29. The van der Waals surface area contributed by atoms with E-state index in [9.17, 15) is 4.79 Å². The number of piperazine rings is 1. The monoisotopic (exact) mass is 347 g/mol. The van der Waals surface area contributed by atoms with Gasteiger partial charge in [0.25, 0.3) is 5.91 Å². The summed E-state index contributed by atoms with van der Waals surface area (Å²) in [6.07, 6.45) is 5.27. The average molecular weight is 348 g/mol. The van der Waals surface area contributed by atoms with E-state index in [0.29, 0.717) is 0 Å². The predicted molar refractivity (Wildman–Crippen MR) is 95.7 cm³/mol. The molecule has 2 aromatic heterocycles. The molecule has 1 fully saturated rings. The lowest BCUT2D eigenvalue weighted by molar-refractivity contribution is 0.0746. The van der Waals surface area contributed by atoms with E-state index in [1.54, 1.807) is 22.7 Å². The number of hydrogen-bond acceptors (Lipinski definition) is 5. The Bertz CT molecular complexity index is 687. The number of carbonyl (C=O) groups excluding carboxylic acids is 1. The summed E-state index contributed by atoms with van der Waals surface area (Å²) in [5, 5.41) is 5.17. The minimum atomic E-state index is 0.232. The molecule has 0 bridgehead atoms. The van der Waals surface area contributed by atoms with Gasteiger partial charge in [-0.05, 0) is 30.7 Å². The highest BCUT2D eigenvalue weighted by molar-refractivity contribution is 7.13. The van der Waals surface area contributed by atoms with E-state index >= 15 is 0 Å². The van der Waals surface area contributed by atoms with E-state index in [-0.39, 0.29) is 5.91 Å². The second-order valence-electron chi connectivity index (χ2n) is 6.49. The summed E-state index contributed by atoms with van der Waals surface area (Å²) in [7, 11) is 0. The molecule has 6 heteroatoms. The van der Waals surface area contributed by atoms with Crippen LogP contribution in [0.15, 0.2) is 17.0 Å². The van der Waals surface area contributed by atoms with Crippen molar-refractivity contribution in [2.75, 3.05) is 31.1 Å². The first-order valence-electron chi connectivity index (χ1n) is 8.25. The van der Waals surface area contributed by atoms with Gasteiger partial charge in [-0.1, -0.05) is 6.92 Å². The molecule has 1 aliphatic carbocycles. The van der Waals surface area contributed by atoms with E-state index in [4.69, 9.17) is 0 Å². The summed E-state index contributed by atoms with van der Waals surface area (Å²) in [4.78, 5) is 23.0. The summed E-state index contributed by atoms with van der Waals surface area (Å²) in [5.41, 5.74) is 2.31. The van der Waals surface area contributed by atoms with Crippen molar-refractivity contribution in [1.29, 1.82) is 0 Å². The number of hydrogen-bond donors (Lipinski definition) is 0. The largest absolute Gasteiger partial charge is 0.345 e. The molecule has 2 aromatic rings. The molecule has 23 heavy (non-hydrogen) atoms. The fourth-order valence-corrected chi connectivity index (χ4v) is 5.43. The lowest BCUT2D eigenvalue weighted by Gasteiger charge is -2.34. The Kier molecular flexibility index (Phi) is 4.11. The number of nitrogens with zero attached hydrogens (tertiary/aromatic N) is 3. The van der Waals surface area contributed by atoms with Gasteiger partial charge in [0.1, 0.15) is 0 Å². The van der Waals surface area contributed by atoms with Crippen LogP contribution in [0.25, 0.3) is 0 Å². The molecule has 0 radical (unpaired) electrons. The number of rotatable bonds is 2. The summed E-state index contributed by atoms with van der Waals surface area (Å²) in [6.45, 7) is 5.64. The van der Waals surface area contributed by atoms with Gasteiger partial charge in [0.2, 0.25) is 0 Å². The molecule has 2 aliphatic rings. The van der Waals surface area contributed by atoms with Crippen molar-refractivity contribution in [2.45, 2.75) is 26.2 Å². The summed E-state index contributed by atoms with van der Waals surface area (Å²) in [6, 6.07) is 0. The lowest BCUT2D eigenvalue weighted by Crippen LogP contribution is -2.48. The summed E-state index contributed by atoms with van der Waals surface area (Å²) in [5.74, 6) is 0.988. The van der Waals surface area contributed by atoms with Gasteiger partial charge in [0, 0.05) is 48.0 Å². The fraction of sp³-hybridized carbons (Fsp3) is 0.529. The Balaban J connectivity index is 1.45. The highest BCUT2D eigenvalue weighted by atomic mass is 32.1. The fourth-order valence-electron chi connectivity index (χ4n) is 3.50. The highest BCUT2D eigenvalue weighted by Crippen LogP contribution is 2.33. The Labute approximate surface area is 144 Å². The van der Waals surface area contributed by atoms with Crippen LogP contribution in [-0.2, 0) is 12.8 Å². The van der Waals surface area contributed by atoms with Gasteiger partial charge in [-0.15, -0.1) is 22.7 Å². The Hall–Kier alpha value is -1.40. The minimum Gasteiger partial charge on any atom is -0.345 e. The molecule has 3 heterocycles. The first-order valence-corrected chi connectivity index (χ1v) is 10.0. The van der Waals surface area contributed by atoms with Crippen LogP contribution in [0.2, 0.25) is 0 Å².